The smallest absolute Gasteiger partial charge is 0.357 e. The lowest BCUT2D eigenvalue weighted by Crippen LogP contribution is -2.24. The van der Waals surface area contributed by atoms with Crippen LogP contribution in [0, 0.1) is 6.92 Å². The average molecular weight is 522 g/mol. The van der Waals surface area contributed by atoms with Crippen molar-refractivity contribution < 1.29 is 14.7 Å². The molecule has 0 spiro atoms. The van der Waals surface area contributed by atoms with E-state index in [0.717, 1.165) is 36.3 Å². The van der Waals surface area contributed by atoms with E-state index < -0.39 is 11.9 Å². The van der Waals surface area contributed by atoms with Crippen LogP contribution in [0.2, 0.25) is 0 Å². The van der Waals surface area contributed by atoms with Gasteiger partial charge in [0.15, 0.2) is 5.71 Å². The number of carboxylic acids is 1. The van der Waals surface area contributed by atoms with E-state index in [0.29, 0.717) is 5.69 Å². The summed E-state index contributed by atoms with van der Waals surface area (Å²) in [4.78, 5) is 28.6. The Morgan fingerprint density at radius 3 is 2.61 bits per heavy atom. The van der Waals surface area contributed by atoms with E-state index in [1.165, 1.54) is 27.5 Å². The van der Waals surface area contributed by atoms with Crippen LogP contribution in [0.25, 0.3) is 4.91 Å². The van der Waals surface area contributed by atoms with Crippen molar-refractivity contribution in [2.24, 2.45) is 5.10 Å². The molecule has 1 atom stereocenters. The zero-order valence-electron chi connectivity index (χ0n) is 21.0. The minimum atomic E-state index is -1.20. The van der Waals surface area contributed by atoms with Gasteiger partial charge < -0.3 is 10.0 Å². The molecule has 1 N–H and O–H groups in total. The Balaban J connectivity index is 1.21. The highest BCUT2D eigenvalue weighted by Gasteiger charge is 2.36. The summed E-state index contributed by atoms with van der Waals surface area (Å²) in [7, 11) is 0. The highest BCUT2D eigenvalue weighted by Crippen LogP contribution is 2.43. The normalized spacial score (nSPS) is 20.0. The minimum Gasteiger partial charge on any atom is -0.476 e. The van der Waals surface area contributed by atoms with Gasteiger partial charge >= 0.3 is 5.97 Å². The Morgan fingerprint density at radius 1 is 1.05 bits per heavy atom. The van der Waals surface area contributed by atoms with Crippen LogP contribution in [0.3, 0.4) is 0 Å². The van der Waals surface area contributed by atoms with Gasteiger partial charge in [-0.3, -0.25) is 4.79 Å². The summed E-state index contributed by atoms with van der Waals surface area (Å²) in [6.45, 7) is 3.11. The summed E-state index contributed by atoms with van der Waals surface area (Å²) >= 11 is 1.67. The van der Waals surface area contributed by atoms with E-state index in [-0.39, 0.29) is 16.5 Å². The molecule has 1 unspecified atom stereocenters. The largest absolute Gasteiger partial charge is 0.476 e. The molecule has 6 nitrogen and oxygen atoms in total. The molecule has 0 fully saturated rings. The number of fused-ring (bicyclic) bond motifs is 1. The van der Waals surface area contributed by atoms with Crippen LogP contribution in [0.15, 0.2) is 95.6 Å². The molecule has 0 aromatic heterocycles. The standard InChI is InChI=1S/C31H27N3O3S/c1-20-9-12-23(13-10-20)33-17-5-6-21-18-22(11-15-27(21)33)28-16-14-25(38-28)19-26-29(31(36)37)32-34(30(26)35)24-7-3-2-4-8-24/h2-4,7-13,15-16,18-19,25H,5-6,14,17H2,1H3,(H,36,37)/b26-19-. The fraction of sp³-hybridized carbons (Fsp3) is 0.194. The molecule has 3 aliphatic rings. The number of aliphatic carboxylic acids is 1. The van der Waals surface area contributed by atoms with Crippen LogP contribution >= 0.6 is 11.8 Å². The van der Waals surface area contributed by atoms with Gasteiger partial charge in [-0.15, -0.1) is 11.8 Å². The van der Waals surface area contributed by atoms with Gasteiger partial charge in [-0.05, 0) is 73.7 Å². The lowest BCUT2D eigenvalue weighted by Gasteiger charge is -2.32. The summed E-state index contributed by atoms with van der Waals surface area (Å²) in [5.41, 5.74) is 6.71. The first-order valence-corrected chi connectivity index (χ1v) is 13.6. The highest BCUT2D eigenvalue weighted by atomic mass is 32.2. The van der Waals surface area contributed by atoms with Gasteiger partial charge in [0.25, 0.3) is 5.91 Å². The van der Waals surface area contributed by atoms with Gasteiger partial charge in [0.1, 0.15) is 0 Å². The van der Waals surface area contributed by atoms with Crippen LogP contribution in [0.4, 0.5) is 17.1 Å². The number of nitrogens with zero attached hydrogens (tertiary/aromatic N) is 3. The maximum absolute atomic E-state index is 13.1. The molecule has 0 saturated carbocycles. The van der Waals surface area contributed by atoms with Crippen LogP contribution in [-0.4, -0.2) is 34.5 Å². The predicted octanol–water partition coefficient (Wildman–Crippen LogP) is 6.34. The number of hydrazone groups is 1. The maximum Gasteiger partial charge on any atom is 0.357 e. The van der Waals surface area contributed by atoms with E-state index in [9.17, 15) is 14.7 Å². The monoisotopic (exact) mass is 521 g/mol. The van der Waals surface area contributed by atoms with E-state index in [4.69, 9.17) is 0 Å². The molecular weight excluding hydrogens is 494 g/mol. The number of hydrogen-bond donors (Lipinski definition) is 1. The zero-order chi connectivity index (χ0) is 26.2. The third-order valence-corrected chi connectivity index (χ3v) is 8.36. The lowest BCUT2D eigenvalue weighted by molar-refractivity contribution is -0.129. The van der Waals surface area contributed by atoms with Crippen LogP contribution in [0.5, 0.6) is 0 Å². The Morgan fingerprint density at radius 2 is 1.84 bits per heavy atom. The van der Waals surface area contributed by atoms with Crippen LogP contribution in [0.1, 0.15) is 29.5 Å². The summed E-state index contributed by atoms with van der Waals surface area (Å²) in [5.74, 6) is -1.61. The number of amides is 1. The molecular formula is C31H27N3O3S. The predicted molar refractivity (Wildman–Crippen MR) is 154 cm³/mol. The van der Waals surface area contributed by atoms with Gasteiger partial charge in [0.2, 0.25) is 0 Å². The molecule has 0 radical (unpaired) electrons. The second kappa shape index (κ2) is 9.99. The number of hydrogen-bond acceptors (Lipinski definition) is 5. The molecule has 38 heavy (non-hydrogen) atoms. The summed E-state index contributed by atoms with van der Waals surface area (Å²) in [5, 5.41) is 15.0. The van der Waals surface area contributed by atoms with Gasteiger partial charge in [-0.1, -0.05) is 54.1 Å². The second-order valence-electron chi connectivity index (χ2n) is 9.68. The SMILES string of the molecule is Cc1ccc(N2CCCc3cc(C4=CCC(/C=C5\C(=O)N(c6ccccc6)N=C5C(=O)O)S4)ccc32)cc1. The van der Waals surface area contributed by atoms with E-state index >= 15 is 0 Å². The molecule has 0 bridgehead atoms. The Hall–Kier alpha value is -4.10. The third-order valence-electron chi connectivity index (χ3n) is 7.08. The molecule has 1 amide bonds. The Kier molecular flexibility index (Phi) is 6.37. The van der Waals surface area contributed by atoms with E-state index in [1.807, 2.05) is 6.07 Å². The van der Waals surface area contributed by atoms with Crippen molar-refractivity contribution in [1.82, 2.24) is 0 Å². The first-order valence-electron chi connectivity index (χ1n) is 12.8. The van der Waals surface area contributed by atoms with Crippen LogP contribution < -0.4 is 9.91 Å². The summed E-state index contributed by atoms with van der Waals surface area (Å²) in [6.07, 6.45) is 6.81. The lowest BCUT2D eigenvalue weighted by atomic mass is 9.98. The number of carbonyl (C=O) groups excluding carboxylic acids is 1. The van der Waals surface area contributed by atoms with Gasteiger partial charge in [0.05, 0.1) is 11.3 Å². The number of rotatable bonds is 5. The molecule has 6 rings (SSSR count). The first-order chi connectivity index (χ1) is 18.5. The molecule has 3 aromatic carbocycles. The van der Waals surface area contributed by atoms with Crippen molar-refractivity contribution >= 4 is 51.3 Å². The van der Waals surface area contributed by atoms with Gasteiger partial charge in [-0.2, -0.15) is 10.1 Å². The van der Waals surface area contributed by atoms with Crippen molar-refractivity contribution in [2.75, 3.05) is 16.5 Å². The average Bonchev–Trinajstić information content (AvgIpc) is 3.54. The molecule has 3 aliphatic heterocycles. The maximum atomic E-state index is 13.1. The van der Waals surface area contributed by atoms with Crippen molar-refractivity contribution in [3.05, 3.63) is 107 Å². The van der Waals surface area contributed by atoms with E-state index in [1.54, 1.807) is 42.1 Å². The molecule has 0 saturated heterocycles. The quantitative estimate of drug-likeness (QED) is 0.397. The zero-order valence-corrected chi connectivity index (χ0v) is 21.8. The first kappa shape index (κ1) is 24.2. The molecule has 190 valence electrons. The van der Waals surface area contributed by atoms with Gasteiger partial charge in [-0.25, -0.2) is 4.79 Å². The van der Waals surface area contributed by atoms with Crippen molar-refractivity contribution in [3.8, 4) is 0 Å². The Labute approximate surface area is 226 Å². The number of aryl methyl sites for hydroxylation is 2. The molecule has 7 heteroatoms. The number of anilines is 3. The number of carboxylic acid groups (broad SMARTS) is 1. The number of carbonyl (C=O) groups is 2. The minimum absolute atomic E-state index is 0.0377. The van der Waals surface area contributed by atoms with Crippen molar-refractivity contribution in [2.45, 2.75) is 31.4 Å². The number of allylic oxidation sites excluding steroid dienone is 1. The van der Waals surface area contributed by atoms with Crippen molar-refractivity contribution in [1.29, 1.82) is 0 Å². The molecule has 3 aromatic rings. The summed E-state index contributed by atoms with van der Waals surface area (Å²) < 4.78 is 0. The van der Waals surface area contributed by atoms with E-state index in [2.05, 4.69) is 65.5 Å². The topological polar surface area (TPSA) is 73.2 Å². The number of thioether (sulfide) groups is 1. The second-order valence-corrected chi connectivity index (χ2v) is 11.0. The highest BCUT2D eigenvalue weighted by molar-refractivity contribution is 8.09. The summed E-state index contributed by atoms with van der Waals surface area (Å²) in [6, 6.07) is 24.2. The van der Waals surface area contributed by atoms with Crippen molar-refractivity contribution in [3.63, 3.8) is 0 Å². The third kappa shape index (κ3) is 4.54. The Bertz CT molecular complexity index is 1510. The van der Waals surface area contributed by atoms with Gasteiger partial charge in [0, 0.05) is 28.1 Å². The number of para-hydroxylation sites is 1. The number of benzene rings is 3. The fourth-order valence-corrected chi connectivity index (χ4v) is 6.34. The van der Waals surface area contributed by atoms with Crippen LogP contribution in [-0.2, 0) is 16.0 Å². The fourth-order valence-electron chi connectivity index (χ4n) is 5.17. The molecule has 0 aliphatic carbocycles. The molecule has 3 heterocycles.